The second kappa shape index (κ2) is 13.3. The fraction of sp³-hybridized carbons (Fsp3) is 0.889. The summed E-state index contributed by atoms with van der Waals surface area (Å²) >= 11 is 2.05. The lowest BCUT2D eigenvalue weighted by molar-refractivity contribution is -0.127. The van der Waals surface area contributed by atoms with Crippen LogP contribution < -0.4 is 10.6 Å². The number of aliphatic imine (C=N–C) groups is 1. The van der Waals surface area contributed by atoms with E-state index < -0.39 is 0 Å². The Morgan fingerprint density at radius 3 is 2.80 bits per heavy atom. The predicted molar refractivity (Wildman–Crippen MR) is 107 cm³/mol. The van der Waals surface area contributed by atoms with Crippen molar-refractivity contribution < 1.29 is 9.53 Å². The van der Waals surface area contributed by atoms with E-state index >= 15 is 0 Å². The van der Waals surface area contributed by atoms with Gasteiger partial charge in [0.2, 0.25) is 5.91 Å². The summed E-state index contributed by atoms with van der Waals surface area (Å²) < 4.78 is 5.37. The molecule has 0 aliphatic heterocycles. The Balaban J connectivity index is 2.53. The third-order valence-corrected chi connectivity index (χ3v) is 5.44. The maximum atomic E-state index is 11.8. The molecule has 2 unspecified atom stereocenters. The van der Waals surface area contributed by atoms with Gasteiger partial charge in [0.15, 0.2) is 5.96 Å². The minimum absolute atomic E-state index is 0.0125. The smallest absolute Gasteiger partial charge is 0.243 e. The SMILES string of the molecule is CCOCCCNC(=NCC(=O)N(C)C)NC1CCCC(SCC)C1. The largest absolute Gasteiger partial charge is 0.382 e. The van der Waals surface area contributed by atoms with Gasteiger partial charge in [0, 0.05) is 45.1 Å². The molecular weight excluding hydrogens is 336 g/mol. The molecule has 1 aliphatic rings. The second-order valence-corrected chi connectivity index (χ2v) is 8.09. The molecule has 25 heavy (non-hydrogen) atoms. The number of rotatable bonds is 10. The number of hydrogen-bond acceptors (Lipinski definition) is 4. The van der Waals surface area contributed by atoms with Crippen molar-refractivity contribution in [2.24, 2.45) is 4.99 Å². The van der Waals surface area contributed by atoms with E-state index in [9.17, 15) is 4.79 Å². The van der Waals surface area contributed by atoms with Crippen LogP contribution in [0.15, 0.2) is 4.99 Å². The van der Waals surface area contributed by atoms with Crippen LogP contribution in [0.1, 0.15) is 46.0 Å². The molecule has 1 aliphatic carbocycles. The first-order chi connectivity index (χ1) is 12.1. The molecule has 6 nitrogen and oxygen atoms in total. The molecule has 146 valence electrons. The number of likely N-dealkylation sites (N-methyl/N-ethyl adjacent to an activating group) is 1. The van der Waals surface area contributed by atoms with Crippen LogP contribution in [-0.2, 0) is 9.53 Å². The summed E-state index contributed by atoms with van der Waals surface area (Å²) in [6.45, 7) is 6.68. The molecule has 1 amide bonds. The van der Waals surface area contributed by atoms with Gasteiger partial charge < -0.3 is 20.3 Å². The zero-order valence-corrected chi connectivity index (χ0v) is 17.2. The lowest BCUT2D eigenvalue weighted by Gasteiger charge is -2.30. The van der Waals surface area contributed by atoms with Crippen molar-refractivity contribution >= 4 is 23.6 Å². The van der Waals surface area contributed by atoms with Crippen molar-refractivity contribution in [3.8, 4) is 0 Å². The standard InChI is InChI=1S/C18H36N4O2S/c1-5-24-12-8-11-19-18(20-14-17(23)22(3)4)21-15-9-7-10-16(13-15)25-6-2/h15-16H,5-14H2,1-4H3,(H2,19,20,21). The van der Waals surface area contributed by atoms with E-state index in [4.69, 9.17) is 4.74 Å². The van der Waals surface area contributed by atoms with E-state index in [0.717, 1.165) is 37.4 Å². The Labute approximate surface area is 157 Å². The predicted octanol–water partition coefficient (Wildman–Crippen LogP) is 2.10. The highest BCUT2D eigenvalue weighted by atomic mass is 32.2. The number of carbonyl (C=O) groups is 1. The lowest BCUT2D eigenvalue weighted by Crippen LogP contribution is -2.46. The molecule has 0 saturated heterocycles. The number of nitrogens with zero attached hydrogens (tertiary/aromatic N) is 2. The zero-order chi connectivity index (χ0) is 18.5. The van der Waals surface area contributed by atoms with Crippen molar-refractivity contribution in [2.75, 3.05) is 46.2 Å². The average Bonchev–Trinajstić information content (AvgIpc) is 2.59. The molecule has 1 rings (SSSR count). The molecule has 1 fully saturated rings. The fourth-order valence-corrected chi connectivity index (χ4v) is 4.00. The van der Waals surface area contributed by atoms with Crippen molar-refractivity contribution in [3.05, 3.63) is 0 Å². The summed E-state index contributed by atoms with van der Waals surface area (Å²) in [6, 6.07) is 0.436. The summed E-state index contributed by atoms with van der Waals surface area (Å²) in [4.78, 5) is 17.9. The Morgan fingerprint density at radius 2 is 2.12 bits per heavy atom. The van der Waals surface area contributed by atoms with Crippen molar-refractivity contribution in [3.63, 3.8) is 0 Å². The van der Waals surface area contributed by atoms with E-state index in [1.54, 1.807) is 19.0 Å². The summed E-state index contributed by atoms with van der Waals surface area (Å²) in [7, 11) is 3.52. The summed E-state index contributed by atoms with van der Waals surface area (Å²) in [6.07, 6.45) is 5.82. The molecule has 0 radical (unpaired) electrons. The van der Waals surface area contributed by atoms with Gasteiger partial charge in [-0.25, -0.2) is 4.99 Å². The minimum Gasteiger partial charge on any atom is -0.382 e. The maximum Gasteiger partial charge on any atom is 0.243 e. The number of nitrogens with one attached hydrogen (secondary N) is 2. The highest BCUT2D eigenvalue weighted by molar-refractivity contribution is 7.99. The van der Waals surface area contributed by atoms with Crippen molar-refractivity contribution in [1.29, 1.82) is 0 Å². The van der Waals surface area contributed by atoms with Gasteiger partial charge in [0.25, 0.3) is 0 Å². The van der Waals surface area contributed by atoms with Crippen molar-refractivity contribution in [1.82, 2.24) is 15.5 Å². The highest BCUT2D eigenvalue weighted by Crippen LogP contribution is 2.28. The Hall–Kier alpha value is -0.950. The first-order valence-electron chi connectivity index (χ1n) is 9.51. The molecule has 2 N–H and O–H groups in total. The van der Waals surface area contributed by atoms with Crippen LogP contribution in [0, 0.1) is 0 Å². The molecule has 0 heterocycles. The molecule has 0 aromatic carbocycles. The van der Waals surface area contributed by atoms with Gasteiger partial charge in [0.05, 0.1) is 0 Å². The third kappa shape index (κ3) is 9.94. The molecular formula is C18H36N4O2S. The van der Waals surface area contributed by atoms with Crippen molar-refractivity contribution in [2.45, 2.75) is 57.2 Å². The molecule has 7 heteroatoms. The fourth-order valence-electron chi connectivity index (χ4n) is 2.82. The third-order valence-electron chi connectivity index (χ3n) is 4.20. The van der Waals surface area contributed by atoms with Gasteiger partial charge in [-0.2, -0.15) is 11.8 Å². The monoisotopic (exact) mass is 372 g/mol. The Morgan fingerprint density at radius 1 is 1.32 bits per heavy atom. The van der Waals surface area contributed by atoms with Gasteiger partial charge in [-0.15, -0.1) is 0 Å². The van der Waals surface area contributed by atoms with Crippen LogP contribution in [-0.4, -0.2) is 74.2 Å². The number of carbonyl (C=O) groups excluding carboxylic acids is 1. The number of hydrogen-bond donors (Lipinski definition) is 2. The lowest BCUT2D eigenvalue weighted by atomic mass is 9.95. The maximum absolute atomic E-state index is 11.8. The molecule has 2 atom stereocenters. The number of guanidine groups is 1. The molecule has 0 aromatic heterocycles. The number of ether oxygens (including phenoxy) is 1. The molecule has 0 aromatic rings. The molecule has 0 spiro atoms. The topological polar surface area (TPSA) is 66.0 Å². The van der Waals surface area contributed by atoms with Crippen LogP contribution >= 0.6 is 11.8 Å². The van der Waals surface area contributed by atoms with Crippen LogP contribution in [0.5, 0.6) is 0 Å². The Bertz CT molecular complexity index is 403. The van der Waals surface area contributed by atoms with Gasteiger partial charge in [0.1, 0.15) is 6.54 Å². The normalized spacial score (nSPS) is 21.0. The second-order valence-electron chi connectivity index (χ2n) is 6.52. The summed E-state index contributed by atoms with van der Waals surface area (Å²) in [5, 5.41) is 7.63. The molecule has 0 bridgehead atoms. The summed E-state index contributed by atoms with van der Waals surface area (Å²) in [5.41, 5.74) is 0. The van der Waals surface area contributed by atoms with Gasteiger partial charge in [-0.05, 0) is 38.4 Å². The van der Waals surface area contributed by atoms with Crippen LogP contribution in [0.3, 0.4) is 0 Å². The quantitative estimate of drug-likeness (QED) is 0.349. The number of amides is 1. The van der Waals surface area contributed by atoms with Gasteiger partial charge >= 0.3 is 0 Å². The van der Waals surface area contributed by atoms with Crippen LogP contribution in [0.25, 0.3) is 0 Å². The van der Waals surface area contributed by atoms with E-state index in [1.807, 2.05) is 6.92 Å². The first-order valence-corrected chi connectivity index (χ1v) is 10.6. The van der Waals surface area contributed by atoms with Gasteiger partial charge in [-0.1, -0.05) is 13.3 Å². The van der Waals surface area contributed by atoms with E-state index in [0.29, 0.717) is 6.04 Å². The van der Waals surface area contributed by atoms with Crippen LogP contribution in [0.2, 0.25) is 0 Å². The molecule has 1 saturated carbocycles. The Kier molecular flexibility index (Phi) is 11.7. The highest BCUT2D eigenvalue weighted by Gasteiger charge is 2.22. The number of thioether (sulfide) groups is 1. The first kappa shape index (κ1) is 22.1. The summed E-state index contributed by atoms with van der Waals surface area (Å²) in [5.74, 6) is 1.93. The van der Waals surface area contributed by atoms with E-state index in [-0.39, 0.29) is 12.5 Å². The minimum atomic E-state index is 0.0125. The van der Waals surface area contributed by atoms with Gasteiger partial charge in [-0.3, -0.25) is 4.79 Å². The zero-order valence-electron chi connectivity index (χ0n) is 16.3. The van der Waals surface area contributed by atoms with E-state index in [2.05, 4.69) is 34.3 Å². The van der Waals surface area contributed by atoms with E-state index in [1.165, 1.54) is 31.4 Å². The average molecular weight is 373 g/mol. The van der Waals surface area contributed by atoms with Crippen LogP contribution in [0.4, 0.5) is 0 Å².